The zero-order valence-electron chi connectivity index (χ0n) is 16.9. The van der Waals surface area contributed by atoms with Gasteiger partial charge in [-0.2, -0.15) is 17.6 Å². The standard InChI is InChI=1S/C22H13Cl2F3N2O4S/c23-17-5-2-6-18(24)21(17)20(30)10-13-7-8-14-12-28-29(19(14)9-13)34(31,32)16-4-1-3-15(11-16)33-22(25,26)27/h1-9,11-12H,10H2. The summed E-state index contributed by atoms with van der Waals surface area (Å²) in [5.41, 5.74) is 0.742. The maximum atomic E-state index is 13.1. The van der Waals surface area contributed by atoms with Crippen molar-refractivity contribution in [3.63, 3.8) is 0 Å². The number of benzene rings is 3. The van der Waals surface area contributed by atoms with Gasteiger partial charge in [0.05, 0.1) is 32.2 Å². The molecule has 0 bridgehead atoms. The molecule has 0 N–H and O–H groups in total. The van der Waals surface area contributed by atoms with E-state index in [2.05, 4.69) is 9.84 Å². The largest absolute Gasteiger partial charge is 0.573 e. The van der Waals surface area contributed by atoms with Gasteiger partial charge in [-0.3, -0.25) is 4.79 Å². The second-order valence-corrected chi connectivity index (χ2v) is 9.69. The van der Waals surface area contributed by atoms with Gasteiger partial charge in [-0.05, 0) is 35.9 Å². The molecule has 0 fully saturated rings. The van der Waals surface area contributed by atoms with Crippen molar-refractivity contribution in [2.75, 3.05) is 0 Å². The number of carbonyl (C=O) groups is 1. The monoisotopic (exact) mass is 528 g/mol. The van der Waals surface area contributed by atoms with Gasteiger partial charge in [-0.1, -0.05) is 47.5 Å². The quantitative estimate of drug-likeness (QED) is 0.291. The maximum Gasteiger partial charge on any atom is 0.573 e. The highest BCUT2D eigenvalue weighted by Gasteiger charge is 2.32. The van der Waals surface area contributed by atoms with Gasteiger partial charge >= 0.3 is 6.36 Å². The summed E-state index contributed by atoms with van der Waals surface area (Å²) >= 11 is 12.2. The van der Waals surface area contributed by atoms with Crippen LogP contribution in [0.1, 0.15) is 15.9 Å². The summed E-state index contributed by atoms with van der Waals surface area (Å²) in [5, 5.41) is 4.71. The van der Waals surface area contributed by atoms with Crippen molar-refractivity contribution in [1.29, 1.82) is 0 Å². The van der Waals surface area contributed by atoms with E-state index in [1.807, 2.05) is 0 Å². The fourth-order valence-electron chi connectivity index (χ4n) is 3.31. The Kier molecular flexibility index (Phi) is 6.32. The summed E-state index contributed by atoms with van der Waals surface area (Å²) in [6.45, 7) is 0. The first-order chi connectivity index (χ1) is 16.0. The molecule has 0 unspecified atom stereocenters. The Morgan fingerprint density at radius 2 is 1.68 bits per heavy atom. The third-order valence-electron chi connectivity index (χ3n) is 4.77. The molecule has 176 valence electrons. The van der Waals surface area contributed by atoms with Crippen LogP contribution in [0.25, 0.3) is 10.9 Å². The highest BCUT2D eigenvalue weighted by Crippen LogP contribution is 2.29. The molecule has 0 saturated heterocycles. The third-order valence-corrected chi connectivity index (χ3v) is 7.00. The summed E-state index contributed by atoms with van der Waals surface area (Å²) in [5.74, 6) is -1.06. The number of alkyl halides is 3. The Hall–Kier alpha value is -3.08. The number of ketones is 1. The molecule has 4 aromatic rings. The van der Waals surface area contributed by atoms with Gasteiger partial charge in [-0.15, -0.1) is 13.2 Å². The summed E-state index contributed by atoms with van der Waals surface area (Å²) in [6.07, 6.45) is -3.81. The Labute approximate surface area is 201 Å². The highest BCUT2D eigenvalue weighted by molar-refractivity contribution is 7.90. The van der Waals surface area contributed by atoms with E-state index in [0.717, 1.165) is 24.3 Å². The lowest BCUT2D eigenvalue weighted by atomic mass is 10.0. The zero-order valence-corrected chi connectivity index (χ0v) is 19.2. The van der Waals surface area contributed by atoms with Crippen molar-refractivity contribution < 1.29 is 31.1 Å². The molecule has 12 heteroatoms. The normalized spacial score (nSPS) is 12.1. The number of Topliss-reactive ketones (excluding diaryl/α,β-unsaturated/α-hetero) is 1. The van der Waals surface area contributed by atoms with Crippen LogP contribution in [0.5, 0.6) is 5.75 Å². The lowest BCUT2D eigenvalue weighted by Gasteiger charge is -2.11. The van der Waals surface area contributed by atoms with Crippen LogP contribution in [0.15, 0.2) is 71.8 Å². The number of aromatic nitrogens is 2. The van der Waals surface area contributed by atoms with Crippen molar-refractivity contribution in [1.82, 2.24) is 9.19 Å². The first kappa shape index (κ1) is 24.1. The van der Waals surface area contributed by atoms with Gasteiger partial charge in [0.1, 0.15) is 5.75 Å². The van der Waals surface area contributed by atoms with Crippen LogP contribution in [0.2, 0.25) is 10.0 Å². The molecular weight excluding hydrogens is 516 g/mol. The Bertz CT molecular complexity index is 1500. The molecule has 6 nitrogen and oxygen atoms in total. The molecule has 0 aliphatic heterocycles. The molecule has 4 rings (SSSR count). The maximum absolute atomic E-state index is 13.1. The van der Waals surface area contributed by atoms with E-state index < -0.39 is 27.0 Å². The Morgan fingerprint density at radius 1 is 1.00 bits per heavy atom. The van der Waals surface area contributed by atoms with Gasteiger partial charge in [0.15, 0.2) is 5.78 Å². The van der Waals surface area contributed by atoms with E-state index in [1.165, 1.54) is 24.4 Å². The molecule has 0 spiro atoms. The van der Waals surface area contributed by atoms with Crippen molar-refractivity contribution >= 4 is 49.9 Å². The SMILES string of the molecule is O=C(Cc1ccc2cnn(S(=O)(=O)c3cccc(OC(F)(F)F)c3)c2c1)c1c(Cl)cccc1Cl. The highest BCUT2D eigenvalue weighted by atomic mass is 35.5. The fraction of sp³-hybridized carbons (Fsp3) is 0.0909. The molecule has 3 aromatic carbocycles. The number of rotatable bonds is 6. The Balaban J connectivity index is 1.70. The van der Waals surface area contributed by atoms with Crippen LogP contribution >= 0.6 is 23.2 Å². The summed E-state index contributed by atoms with van der Waals surface area (Å²) in [7, 11) is -4.38. The van der Waals surface area contributed by atoms with Crippen molar-refractivity contribution in [3.8, 4) is 5.75 Å². The van der Waals surface area contributed by atoms with Gasteiger partial charge in [0.2, 0.25) is 0 Å². The number of nitrogens with zero attached hydrogens (tertiary/aromatic N) is 2. The van der Waals surface area contributed by atoms with Gasteiger partial charge < -0.3 is 4.74 Å². The second-order valence-electron chi connectivity index (χ2n) is 7.11. The van der Waals surface area contributed by atoms with Gasteiger partial charge in [-0.25, -0.2) is 0 Å². The lowest BCUT2D eigenvalue weighted by molar-refractivity contribution is -0.274. The topological polar surface area (TPSA) is 78.3 Å². The van der Waals surface area contributed by atoms with Crippen LogP contribution in [-0.4, -0.2) is 29.7 Å². The zero-order chi connectivity index (χ0) is 24.7. The van der Waals surface area contributed by atoms with Crippen LogP contribution in [0, 0.1) is 0 Å². The van der Waals surface area contributed by atoms with Crippen LogP contribution in [0.4, 0.5) is 13.2 Å². The molecule has 0 radical (unpaired) electrons. The fourth-order valence-corrected chi connectivity index (χ4v) is 5.22. The minimum absolute atomic E-state index is 0.125. The summed E-state index contributed by atoms with van der Waals surface area (Å²) < 4.78 is 68.4. The van der Waals surface area contributed by atoms with E-state index in [1.54, 1.807) is 18.2 Å². The predicted octanol–water partition coefficient (Wildman–Crippen LogP) is 5.90. The number of ether oxygens (including phenoxy) is 1. The molecule has 0 atom stereocenters. The minimum Gasteiger partial charge on any atom is -0.406 e. The van der Waals surface area contributed by atoms with Crippen molar-refractivity contribution in [3.05, 3.63) is 88.0 Å². The van der Waals surface area contributed by atoms with E-state index in [0.29, 0.717) is 15.0 Å². The van der Waals surface area contributed by atoms with Crippen molar-refractivity contribution in [2.45, 2.75) is 17.7 Å². The molecule has 0 aliphatic carbocycles. The molecule has 1 aromatic heterocycles. The number of carbonyl (C=O) groups excluding carboxylic acids is 1. The third kappa shape index (κ3) is 4.89. The first-order valence-electron chi connectivity index (χ1n) is 9.51. The lowest BCUT2D eigenvalue weighted by Crippen LogP contribution is -2.18. The number of hydrogen-bond donors (Lipinski definition) is 0. The van der Waals surface area contributed by atoms with E-state index in [-0.39, 0.29) is 33.3 Å². The average molecular weight is 529 g/mol. The summed E-state index contributed by atoms with van der Waals surface area (Å²) in [6, 6.07) is 13.3. The minimum atomic E-state index is -4.98. The molecule has 34 heavy (non-hydrogen) atoms. The Morgan fingerprint density at radius 3 is 2.35 bits per heavy atom. The van der Waals surface area contributed by atoms with Crippen LogP contribution < -0.4 is 4.74 Å². The van der Waals surface area contributed by atoms with Crippen LogP contribution in [-0.2, 0) is 16.4 Å². The number of halogens is 5. The first-order valence-corrected chi connectivity index (χ1v) is 11.7. The average Bonchev–Trinajstić information content (AvgIpc) is 3.16. The molecule has 0 amide bonds. The van der Waals surface area contributed by atoms with Crippen molar-refractivity contribution in [2.24, 2.45) is 0 Å². The molecule has 1 heterocycles. The summed E-state index contributed by atoms with van der Waals surface area (Å²) in [4.78, 5) is 12.3. The number of hydrogen-bond acceptors (Lipinski definition) is 5. The molecular formula is C22H13Cl2F3N2O4S. The van der Waals surface area contributed by atoms with Gasteiger partial charge in [0, 0.05) is 17.9 Å². The van der Waals surface area contributed by atoms with Gasteiger partial charge in [0.25, 0.3) is 10.0 Å². The second kappa shape index (κ2) is 8.94. The predicted molar refractivity (Wildman–Crippen MR) is 120 cm³/mol. The van der Waals surface area contributed by atoms with E-state index in [4.69, 9.17) is 23.2 Å². The van der Waals surface area contributed by atoms with E-state index >= 15 is 0 Å². The molecule has 0 saturated carbocycles. The molecule has 0 aliphatic rings. The number of fused-ring (bicyclic) bond motifs is 1. The van der Waals surface area contributed by atoms with Crippen LogP contribution in [0.3, 0.4) is 0 Å². The smallest absolute Gasteiger partial charge is 0.406 e. The van der Waals surface area contributed by atoms with E-state index in [9.17, 15) is 26.4 Å².